The predicted molar refractivity (Wildman–Crippen MR) is 69.5 cm³/mol. The van der Waals surface area contributed by atoms with Gasteiger partial charge in [-0.1, -0.05) is 30.3 Å². The smallest absolute Gasteiger partial charge is 0.160 e. The first-order chi connectivity index (χ1) is 7.81. The molecule has 0 amide bonds. The molecule has 0 spiro atoms. The van der Waals surface area contributed by atoms with E-state index in [0.717, 1.165) is 16.7 Å². The largest absolute Gasteiger partial charge is 0.297 e. The number of carbonyl (C=O) groups is 1. The molecule has 0 N–H and O–H groups in total. The summed E-state index contributed by atoms with van der Waals surface area (Å²) in [6.45, 7) is 2.02. The van der Waals surface area contributed by atoms with Crippen LogP contribution in [0.15, 0.2) is 36.4 Å². The molecule has 0 bridgehead atoms. The average molecular weight is 226 g/mol. The number of hydrogen-bond acceptors (Lipinski definition) is 2. The van der Waals surface area contributed by atoms with Crippen LogP contribution in [0.1, 0.15) is 15.2 Å². The van der Waals surface area contributed by atoms with Gasteiger partial charge in [0.15, 0.2) is 6.29 Å². The number of rotatable bonds is 1. The van der Waals surface area contributed by atoms with E-state index in [4.69, 9.17) is 0 Å². The highest BCUT2D eigenvalue weighted by Crippen LogP contribution is 2.35. The van der Waals surface area contributed by atoms with Crippen LogP contribution in [0.4, 0.5) is 0 Å². The van der Waals surface area contributed by atoms with Crippen molar-refractivity contribution in [2.45, 2.75) is 6.92 Å². The van der Waals surface area contributed by atoms with Gasteiger partial charge in [0.05, 0.1) is 4.88 Å². The molecule has 0 aliphatic rings. The summed E-state index contributed by atoms with van der Waals surface area (Å²) >= 11 is 1.57. The SMILES string of the molecule is Cc1c(C=O)sc2ccc3ccccc3c12. The first kappa shape index (κ1) is 9.55. The Morgan fingerprint density at radius 3 is 2.75 bits per heavy atom. The Labute approximate surface area is 97.3 Å². The molecule has 16 heavy (non-hydrogen) atoms. The molecule has 0 unspecified atom stereocenters. The molecule has 78 valence electrons. The first-order valence-corrected chi connectivity index (χ1v) is 5.99. The van der Waals surface area contributed by atoms with Gasteiger partial charge in [0.25, 0.3) is 0 Å². The number of thiophene rings is 1. The van der Waals surface area contributed by atoms with Crippen LogP contribution in [0.25, 0.3) is 20.9 Å². The van der Waals surface area contributed by atoms with Crippen LogP contribution in [0.2, 0.25) is 0 Å². The molecule has 0 saturated carbocycles. The zero-order valence-corrected chi connectivity index (χ0v) is 9.67. The van der Waals surface area contributed by atoms with Crippen LogP contribution in [0.3, 0.4) is 0 Å². The van der Waals surface area contributed by atoms with Gasteiger partial charge in [-0.15, -0.1) is 11.3 Å². The molecule has 0 radical (unpaired) electrons. The minimum absolute atomic E-state index is 0.839. The molecule has 0 saturated heterocycles. The van der Waals surface area contributed by atoms with Gasteiger partial charge in [0.1, 0.15) is 0 Å². The van der Waals surface area contributed by atoms with E-state index in [-0.39, 0.29) is 0 Å². The van der Waals surface area contributed by atoms with Crippen molar-refractivity contribution >= 4 is 38.5 Å². The minimum Gasteiger partial charge on any atom is -0.297 e. The number of carbonyl (C=O) groups excluding carboxylic acids is 1. The number of fused-ring (bicyclic) bond motifs is 3. The fourth-order valence-electron chi connectivity index (χ4n) is 2.15. The quantitative estimate of drug-likeness (QED) is 0.569. The van der Waals surface area contributed by atoms with E-state index in [2.05, 4.69) is 24.3 Å². The molecule has 3 rings (SSSR count). The number of benzene rings is 2. The van der Waals surface area contributed by atoms with Gasteiger partial charge in [-0.2, -0.15) is 0 Å². The van der Waals surface area contributed by atoms with E-state index in [1.807, 2.05) is 19.1 Å². The second-order valence-corrected chi connectivity index (χ2v) is 4.95. The van der Waals surface area contributed by atoms with Gasteiger partial charge in [0, 0.05) is 10.1 Å². The standard InChI is InChI=1S/C14H10OS/c1-9-13(8-15)16-12-7-6-10-4-2-3-5-11(10)14(9)12/h2-8H,1H3. The van der Waals surface area contributed by atoms with Crippen LogP contribution in [0, 0.1) is 6.92 Å². The topological polar surface area (TPSA) is 17.1 Å². The Bertz CT molecular complexity index is 694. The number of aldehydes is 1. The molecule has 0 fully saturated rings. The van der Waals surface area contributed by atoms with Crippen LogP contribution in [-0.2, 0) is 0 Å². The van der Waals surface area contributed by atoms with Crippen molar-refractivity contribution in [3.05, 3.63) is 46.8 Å². The van der Waals surface area contributed by atoms with Gasteiger partial charge in [-0.05, 0) is 29.3 Å². The predicted octanol–water partition coefficient (Wildman–Crippen LogP) is 4.18. The van der Waals surface area contributed by atoms with Crippen molar-refractivity contribution in [1.82, 2.24) is 0 Å². The van der Waals surface area contributed by atoms with E-state index >= 15 is 0 Å². The lowest BCUT2D eigenvalue weighted by Crippen LogP contribution is -1.78. The second-order valence-electron chi connectivity index (χ2n) is 3.87. The maximum absolute atomic E-state index is 10.9. The van der Waals surface area contributed by atoms with Crippen LogP contribution in [-0.4, -0.2) is 6.29 Å². The summed E-state index contributed by atoms with van der Waals surface area (Å²) in [7, 11) is 0. The summed E-state index contributed by atoms with van der Waals surface area (Å²) < 4.78 is 1.19. The van der Waals surface area contributed by atoms with Crippen LogP contribution in [0.5, 0.6) is 0 Å². The second kappa shape index (κ2) is 3.42. The summed E-state index contributed by atoms with van der Waals surface area (Å²) in [5.41, 5.74) is 1.10. The fraction of sp³-hybridized carbons (Fsp3) is 0.0714. The van der Waals surface area contributed by atoms with Crippen molar-refractivity contribution < 1.29 is 4.79 Å². The average Bonchev–Trinajstić information content (AvgIpc) is 2.66. The van der Waals surface area contributed by atoms with Gasteiger partial charge in [-0.3, -0.25) is 4.79 Å². The van der Waals surface area contributed by atoms with E-state index in [1.165, 1.54) is 20.9 Å². The summed E-state index contributed by atoms with van der Waals surface area (Å²) in [5, 5.41) is 3.69. The highest BCUT2D eigenvalue weighted by Gasteiger charge is 2.09. The van der Waals surface area contributed by atoms with Crippen molar-refractivity contribution in [2.24, 2.45) is 0 Å². The third-order valence-electron chi connectivity index (χ3n) is 2.96. The third-order valence-corrected chi connectivity index (χ3v) is 4.14. The van der Waals surface area contributed by atoms with Crippen molar-refractivity contribution in [1.29, 1.82) is 0 Å². The van der Waals surface area contributed by atoms with Gasteiger partial charge in [0.2, 0.25) is 0 Å². The first-order valence-electron chi connectivity index (χ1n) is 5.17. The maximum atomic E-state index is 10.9. The van der Waals surface area contributed by atoms with Crippen molar-refractivity contribution in [3.8, 4) is 0 Å². The molecule has 0 atom stereocenters. The lowest BCUT2D eigenvalue weighted by Gasteiger charge is -2.00. The highest BCUT2D eigenvalue weighted by molar-refractivity contribution is 7.20. The minimum atomic E-state index is 0.839. The molecule has 1 heterocycles. The van der Waals surface area contributed by atoms with Crippen molar-refractivity contribution in [2.75, 3.05) is 0 Å². The van der Waals surface area contributed by atoms with Crippen LogP contribution < -0.4 is 0 Å². The van der Waals surface area contributed by atoms with Gasteiger partial charge in [-0.25, -0.2) is 0 Å². The summed E-state index contributed by atoms with van der Waals surface area (Å²) in [5.74, 6) is 0. The molecule has 2 heteroatoms. The molecule has 3 aromatic rings. The van der Waals surface area contributed by atoms with E-state index in [9.17, 15) is 4.79 Å². The lowest BCUT2D eigenvalue weighted by molar-refractivity contribution is 0.112. The molecule has 0 aliphatic heterocycles. The summed E-state index contributed by atoms with van der Waals surface area (Å²) in [6, 6.07) is 12.5. The molecule has 0 aliphatic carbocycles. The third kappa shape index (κ3) is 1.20. The van der Waals surface area contributed by atoms with E-state index in [1.54, 1.807) is 11.3 Å². The molecular formula is C14H10OS. The zero-order valence-electron chi connectivity index (χ0n) is 8.86. The zero-order chi connectivity index (χ0) is 11.1. The highest BCUT2D eigenvalue weighted by atomic mass is 32.1. The number of hydrogen-bond donors (Lipinski definition) is 0. The molecule has 1 nitrogen and oxygen atoms in total. The Hall–Kier alpha value is -1.67. The summed E-state index contributed by atoms with van der Waals surface area (Å²) in [6.07, 6.45) is 0.953. The fourth-order valence-corrected chi connectivity index (χ4v) is 3.20. The maximum Gasteiger partial charge on any atom is 0.160 e. The molecule has 2 aromatic carbocycles. The lowest BCUT2D eigenvalue weighted by atomic mass is 10.0. The Balaban J connectivity index is 2.59. The van der Waals surface area contributed by atoms with Gasteiger partial charge < -0.3 is 0 Å². The molecular weight excluding hydrogens is 216 g/mol. The van der Waals surface area contributed by atoms with Crippen molar-refractivity contribution in [3.63, 3.8) is 0 Å². The Morgan fingerprint density at radius 2 is 1.94 bits per heavy atom. The van der Waals surface area contributed by atoms with E-state index < -0.39 is 0 Å². The monoisotopic (exact) mass is 226 g/mol. The summed E-state index contributed by atoms with van der Waals surface area (Å²) in [4.78, 5) is 11.8. The normalized spacial score (nSPS) is 11.1. The Morgan fingerprint density at radius 1 is 1.12 bits per heavy atom. The Kier molecular flexibility index (Phi) is 2.04. The van der Waals surface area contributed by atoms with Crippen LogP contribution >= 0.6 is 11.3 Å². The molecule has 1 aromatic heterocycles. The number of aryl methyl sites for hydroxylation is 1. The van der Waals surface area contributed by atoms with E-state index in [0.29, 0.717) is 0 Å². The van der Waals surface area contributed by atoms with Gasteiger partial charge >= 0.3 is 0 Å².